The smallest absolute Gasteiger partial charge is 0.0590 e. The molecule has 0 saturated heterocycles. The summed E-state index contributed by atoms with van der Waals surface area (Å²) in [6.45, 7) is 11.1. The van der Waals surface area contributed by atoms with Crippen molar-refractivity contribution in [2.45, 2.75) is 46.2 Å². The number of rotatable bonds is 8. The zero-order valence-corrected chi connectivity index (χ0v) is 13.6. The van der Waals surface area contributed by atoms with Gasteiger partial charge in [-0.1, -0.05) is 36.2 Å². The van der Waals surface area contributed by atoms with Crippen molar-refractivity contribution in [3.05, 3.63) is 34.9 Å². The summed E-state index contributed by atoms with van der Waals surface area (Å²) >= 11 is 0. The second kappa shape index (κ2) is 8.40. The third-order valence-corrected chi connectivity index (χ3v) is 3.96. The highest BCUT2D eigenvalue weighted by atomic mass is 16.5. The maximum atomic E-state index is 6.09. The second-order valence-electron chi connectivity index (χ2n) is 5.66. The molecule has 0 heterocycles. The largest absolute Gasteiger partial charge is 0.383 e. The van der Waals surface area contributed by atoms with E-state index in [9.17, 15) is 0 Å². The van der Waals surface area contributed by atoms with Crippen LogP contribution in [0.5, 0.6) is 0 Å². The molecule has 3 nitrogen and oxygen atoms in total. The van der Waals surface area contributed by atoms with Gasteiger partial charge in [0.25, 0.3) is 0 Å². The molecule has 3 heteroatoms. The number of nitrogens with zero attached hydrogens (tertiary/aromatic N) is 1. The minimum Gasteiger partial charge on any atom is -0.383 e. The van der Waals surface area contributed by atoms with Gasteiger partial charge >= 0.3 is 0 Å². The Balaban J connectivity index is 3.04. The predicted molar refractivity (Wildman–Crippen MR) is 86.0 cm³/mol. The third kappa shape index (κ3) is 4.58. The lowest BCUT2D eigenvalue weighted by atomic mass is 9.98. The first-order valence-corrected chi connectivity index (χ1v) is 7.56. The van der Waals surface area contributed by atoms with Gasteiger partial charge in [0.15, 0.2) is 0 Å². The highest BCUT2D eigenvalue weighted by Crippen LogP contribution is 2.25. The van der Waals surface area contributed by atoms with E-state index >= 15 is 0 Å². The van der Waals surface area contributed by atoms with Crippen LogP contribution in [0.1, 0.15) is 43.0 Å². The van der Waals surface area contributed by atoms with Crippen molar-refractivity contribution in [1.29, 1.82) is 0 Å². The Kier molecular flexibility index (Phi) is 7.20. The maximum Gasteiger partial charge on any atom is 0.0590 e. The Morgan fingerprint density at radius 1 is 1.20 bits per heavy atom. The molecule has 2 unspecified atom stereocenters. The van der Waals surface area contributed by atoms with E-state index < -0.39 is 0 Å². The van der Waals surface area contributed by atoms with Crippen molar-refractivity contribution in [1.82, 2.24) is 4.90 Å². The van der Waals surface area contributed by atoms with E-state index in [0.717, 1.165) is 19.6 Å². The molecule has 1 aromatic carbocycles. The summed E-state index contributed by atoms with van der Waals surface area (Å²) in [5.74, 6) is 0. The zero-order valence-electron chi connectivity index (χ0n) is 13.6. The first-order chi connectivity index (χ1) is 9.53. The minimum atomic E-state index is 0.263. The van der Waals surface area contributed by atoms with Crippen LogP contribution < -0.4 is 5.73 Å². The van der Waals surface area contributed by atoms with Gasteiger partial charge in [0.2, 0.25) is 0 Å². The molecule has 2 N–H and O–H groups in total. The predicted octanol–water partition coefficient (Wildman–Crippen LogP) is 3.05. The summed E-state index contributed by atoms with van der Waals surface area (Å²) in [4.78, 5) is 2.47. The number of aryl methyl sites for hydroxylation is 2. The van der Waals surface area contributed by atoms with Crippen LogP contribution in [0.4, 0.5) is 0 Å². The molecule has 0 amide bonds. The van der Waals surface area contributed by atoms with Crippen molar-refractivity contribution >= 4 is 0 Å². The van der Waals surface area contributed by atoms with Crippen molar-refractivity contribution in [3.63, 3.8) is 0 Å². The molecule has 2 atom stereocenters. The lowest BCUT2D eigenvalue weighted by Crippen LogP contribution is -2.41. The molecule has 0 bridgehead atoms. The summed E-state index contributed by atoms with van der Waals surface area (Å²) < 4.78 is 5.26. The average molecular weight is 278 g/mol. The molecule has 0 spiro atoms. The fourth-order valence-electron chi connectivity index (χ4n) is 2.78. The van der Waals surface area contributed by atoms with E-state index in [-0.39, 0.29) is 6.04 Å². The summed E-state index contributed by atoms with van der Waals surface area (Å²) in [5, 5.41) is 0. The minimum absolute atomic E-state index is 0.263. The molecular formula is C17H30N2O. The number of benzene rings is 1. The van der Waals surface area contributed by atoms with Crippen LogP contribution in [-0.4, -0.2) is 37.7 Å². The van der Waals surface area contributed by atoms with Crippen LogP contribution in [0.3, 0.4) is 0 Å². The Labute approximate surface area is 124 Å². The number of hydrogen-bond acceptors (Lipinski definition) is 3. The summed E-state index contributed by atoms with van der Waals surface area (Å²) in [6.07, 6.45) is 1.12. The molecule has 1 aromatic rings. The average Bonchev–Trinajstić information content (AvgIpc) is 2.41. The zero-order chi connectivity index (χ0) is 15.1. The monoisotopic (exact) mass is 278 g/mol. The van der Waals surface area contributed by atoms with E-state index in [2.05, 4.69) is 50.8 Å². The quantitative estimate of drug-likeness (QED) is 0.794. The SMILES string of the molecule is CCC(C)N(CCOC)C(CN)c1cc(C)cc(C)c1. The molecule has 0 fully saturated rings. The number of nitrogens with two attached hydrogens (primary N) is 1. The van der Waals surface area contributed by atoms with E-state index in [1.165, 1.54) is 16.7 Å². The van der Waals surface area contributed by atoms with Gasteiger partial charge in [-0.25, -0.2) is 0 Å². The molecule has 0 aliphatic heterocycles. The molecule has 1 rings (SSSR count). The van der Waals surface area contributed by atoms with Crippen LogP contribution in [0, 0.1) is 13.8 Å². The van der Waals surface area contributed by atoms with Gasteiger partial charge in [0.05, 0.1) is 6.61 Å². The van der Waals surface area contributed by atoms with Gasteiger partial charge in [0.1, 0.15) is 0 Å². The van der Waals surface area contributed by atoms with Crippen molar-refractivity contribution < 1.29 is 4.74 Å². The lowest BCUT2D eigenvalue weighted by molar-refractivity contribution is 0.0902. The summed E-state index contributed by atoms with van der Waals surface area (Å²) in [5.41, 5.74) is 10.0. The van der Waals surface area contributed by atoms with E-state index in [1.807, 2.05) is 0 Å². The van der Waals surface area contributed by atoms with Crippen LogP contribution in [0.2, 0.25) is 0 Å². The fraction of sp³-hybridized carbons (Fsp3) is 0.647. The van der Waals surface area contributed by atoms with E-state index in [4.69, 9.17) is 10.5 Å². The molecule has 0 radical (unpaired) electrons. The van der Waals surface area contributed by atoms with Gasteiger partial charge in [-0.05, 0) is 32.8 Å². The number of hydrogen-bond donors (Lipinski definition) is 1. The first kappa shape index (κ1) is 17.2. The topological polar surface area (TPSA) is 38.5 Å². The molecule has 0 aliphatic rings. The molecular weight excluding hydrogens is 248 g/mol. The molecule has 20 heavy (non-hydrogen) atoms. The summed E-state index contributed by atoms with van der Waals surface area (Å²) in [7, 11) is 1.75. The van der Waals surface area contributed by atoms with Gasteiger partial charge in [-0.3, -0.25) is 4.90 Å². The Morgan fingerprint density at radius 2 is 1.80 bits per heavy atom. The van der Waals surface area contributed by atoms with E-state index in [1.54, 1.807) is 7.11 Å². The van der Waals surface area contributed by atoms with Crippen molar-refractivity contribution in [2.75, 3.05) is 26.8 Å². The normalized spacial score (nSPS) is 14.6. The number of methoxy groups -OCH3 is 1. The Bertz CT molecular complexity index is 386. The summed E-state index contributed by atoms with van der Waals surface area (Å²) in [6, 6.07) is 7.48. The molecule has 0 aromatic heterocycles. The third-order valence-electron chi connectivity index (χ3n) is 3.96. The van der Waals surface area contributed by atoms with Crippen LogP contribution >= 0.6 is 0 Å². The van der Waals surface area contributed by atoms with Crippen molar-refractivity contribution in [2.24, 2.45) is 5.73 Å². The highest BCUT2D eigenvalue weighted by molar-refractivity contribution is 5.31. The van der Waals surface area contributed by atoms with Gasteiger partial charge < -0.3 is 10.5 Å². The van der Waals surface area contributed by atoms with Gasteiger partial charge in [-0.15, -0.1) is 0 Å². The van der Waals surface area contributed by atoms with E-state index in [0.29, 0.717) is 12.6 Å². The van der Waals surface area contributed by atoms with Gasteiger partial charge in [-0.2, -0.15) is 0 Å². The fourth-order valence-corrected chi connectivity index (χ4v) is 2.78. The molecule has 0 aliphatic carbocycles. The maximum absolute atomic E-state index is 6.09. The van der Waals surface area contributed by atoms with Crippen molar-refractivity contribution in [3.8, 4) is 0 Å². The van der Waals surface area contributed by atoms with Crippen LogP contribution in [0.25, 0.3) is 0 Å². The highest BCUT2D eigenvalue weighted by Gasteiger charge is 2.23. The lowest BCUT2D eigenvalue weighted by Gasteiger charge is -2.36. The first-order valence-electron chi connectivity index (χ1n) is 7.56. The molecule has 114 valence electrons. The molecule has 0 saturated carbocycles. The number of ether oxygens (including phenoxy) is 1. The Morgan fingerprint density at radius 3 is 2.25 bits per heavy atom. The Hall–Kier alpha value is -0.900. The standard InChI is InChI=1S/C17H30N2O/c1-6-15(4)19(7-8-20-5)17(12-18)16-10-13(2)9-14(3)11-16/h9-11,15,17H,6-8,12,18H2,1-5H3. The van der Waals surface area contributed by atoms with Gasteiger partial charge in [0, 0.05) is 32.3 Å². The van der Waals surface area contributed by atoms with Crippen LogP contribution in [0.15, 0.2) is 18.2 Å². The second-order valence-corrected chi connectivity index (χ2v) is 5.66. The van der Waals surface area contributed by atoms with Crippen LogP contribution in [-0.2, 0) is 4.74 Å².